The lowest BCUT2D eigenvalue weighted by atomic mass is 9.82. The number of carbonyl (C=O) groups is 2. The zero-order chi connectivity index (χ0) is 19.1. The molecule has 0 unspecified atom stereocenters. The number of benzene rings is 1. The van der Waals surface area contributed by atoms with Crippen LogP contribution >= 0.6 is 0 Å². The van der Waals surface area contributed by atoms with Gasteiger partial charge in [0.1, 0.15) is 5.75 Å². The molecule has 0 aliphatic heterocycles. The van der Waals surface area contributed by atoms with Crippen molar-refractivity contribution >= 4 is 11.9 Å². The molecule has 0 radical (unpaired) electrons. The lowest BCUT2D eigenvalue weighted by Gasteiger charge is -2.25. The first kappa shape index (κ1) is 20.3. The van der Waals surface area contributed by atoms with Crippen molar-refractivity contribution in [1.82, 2.24) is 0 Å². The van der Waals surface area contributed by atoms with Gasteiger partial charge in [-0.2, -0.15) is 0 Å². The molecule has 1 saturated carbocycles. The lowest BCUT2D eigenvalue weighted by Crippen LogP contribution is -2.15. The maximum atomic E-state index is 12.2. The van der Waals surface area contributed by atoms with E-state index in [2.05, 4.69) is 0 Å². The van der Waals surface area contributed by atoms with E-state index in [1.807, 2.05) is 19.9 Å². The number of hydrogen-bond acceptors (Lipinski definition) is 5. The van der Waals surface area contributed by atoms with Gasteiger partial charge in [0, 0.05) is 5.56 Å². The van der Waals surface area contributed by atoms with Crippen molar-refractivity contribution in [3.8, 4) is 5.75 Å². The molecule has 1 aliphatic rings. The van der Waals surface area contributed by atoms with E-state index >= 15 is 0 Å². The molecule has 1 aromatic carbocycles. The van der Waals surface area contributed by atoms with Gasteiger partial charge in [-0.15, -0.1) is 0 Å². The average Bonchev–Trinajstić information content (AvgIpc) is 2.65. The van der Waals surface area contributed by atoms with Gasteiger partial charge in [-0.05, 0) is 42.4 Å². The molecule has 0 N–H and O–H groups in total. The molecule has 0 atom stereocenters. The van der Waals surface area contributed by atoms with Crippen molar-refractivity contribution < 1.29 is 23.8 Å². The van der Waals surface area contributed by atoms with Crippen LogP contribution in [0, 0.1) is 5.92 Å². The Balaban J connectivity index is 2.37. The minimum Gasteiger partial charge on any atom is -0.496 e. The van der Waals surface area contributed by atoms with Crippen LogP contribution in [0.4, 0.5) is 0 Å². The molecule has 0 saturated heterocycles. The summed E-state index contributed by atoms with van der Waals surface area (Å²) in [5.41, 5.74) is 2.15. The average molecular weight is 362 g/mol. The smallest absolute Gasteiger partial charge is 0.337 e. The molecule has 0 aromatic heterocycles. The first-order valence-corrected chi connectivity index (χ1v) is 9.41. The molecule has 0 heterocycles. The highest BCUT2D eigenvalue weighted by molar-refractivity contribution is 5.90. The fourth-order valence-electron chi connectivity index (χ4n) is 3.51. The number of carbonyl (C=O) groups excluding carboxylic acids is 2. The predicted molar refractivity (Wildman–Crippen MR) is 99.7 cm³/mol. The van der Waals surface area contributed by atoms with Crippen LogP contribution < -0.4 is 4.74 Å². The summed E-state index contributed by atoms with van der Waals surface area (Å²) in [5.74, 6) is 0.606. The molecule has 0 spiro atoms. The van der Waals surface area contributed by atoms with E-state index in [1.54, 1.807) is 13.2 Å². The Hall–Kier alpha value is -2.04. The van der Waals surface area contributed by atoms with E-state index < -0.39 is 5.97 Å². The van der Waals surface area contributed by atoms with Crippen LogP contribution in [0.1, 0.15) is 73.4 Å². The maximum absolute atomic E-state index is 12.2. The van der Waals surface area contributed by atoms with Crippen molar-refractivity contribution in [3.05, 3.63) is 28.8 Å². The summed E-state index contributed by atoms with van der Waals surface area (Å²) in [4.78, 5) is 24.4. The molecule has 1 aromatic rings. The van der Waals surface area contributed by atoms with Crippen molar-refractivity contribution in [1.29, 1.82) is 0 Å². The molecular weight excluding hydrogens is 332 g/mol. The highest BCUT2D eigenvalue weighted by Gasteiger charge is 2.25. The van der Waals surface area contributed by atoms with Crippen molar-refractivity contribution in [2.45, 2.75) is 58.3 Å². The monoisotopic (exact) mass is 362 g/mol. The Morgan fingerprint density at radius 2 is 1.81 bits per heavy atom. The van der Waals surface area contributed by atoms with Crippen LogP contribution in [0.3, 0.4) is 0 Å². The first-order valence-electron chi connectivity index (χ1n) is 9.41. The second-order valence-electron chi connectivity index (χ2n) is 7.34. The number of hydrogen-bond donors (Lipinski definition) is 0. The van der Waals surface area contributed by atoms with Gasteiger partial charge >= 0.3 is 11.9 Å². The van der Waals surface area contributed by atoms with Crippen LogP contribution in [0.15, 0.2) is 12.1 Å². The Labute approximate surface area is 156 Å². The molecule has 0 bridgehead atoms. The summed E-state index contributed by atoms with van der Waals surface area (Å²) < 4.78 is 15.9. The fraction of sp³-hybridized carbons (Fsp3) is 0.619. The summed E-state index contributed by atoms with van der Waals surface area (Å²) >= 11 is 0. The predicted octanol–water partition coefficient (Wildman–Crippen LogP) is 4.27. The van der Waals surface area contributed by atoms with Gasteiger partial charge in [0.25, 0.3) is 0 Å². The zero-order valence-electron chi connectivity index (χ0n) is 16.3. The van der Waals surface area contributed by atoms with Crippen LogP contribution in [0.25, 0.3) is 0 Å². The Kier molecular flexibility index (Phi) is 7.49. The van der Waals surface area contributed by atoms with E-state index in [0.717, 1.165) is 18.4 Å². The van der Waals surface area contributed by atoms with E-state index in [9.17, 15) is 9.59 Å². The third-order valence-electron chi connectivity index (χ3n) is 4.78. The topological polar surface area (TPSA) is 61.8 Å². The number of esters is 2. The minimum absolute atomic E-state index is 0.0838. The number of methoxy groups -OCH3 is 2. The summed E-state index contributed by atoms with van der Waals surface area (Å²) in [7, 11) is 2.98. The van der Waals surface area contributed by atoms with Crippen LogP contribution in [-0.4, -0.2) is 32.8 Å². The van der Waals surface area contributed by atoms with E-state index in [-0.39, 0.29) is 18.3 Å². The standard InChI is InChI=1S/C21H30O5/c1-14(2)13-26-19(22)12-16-10-17(21(23)25-4)11-18(20(16)24-3)15-8-6-5-7-9-15/h10-11,14-15H,5-9,12-13H2,1-4H3. The highest BCUT2D eigenvalue weighted by atomic mass is 16.5. The van der Waals surface area contributed by atoms with Crippen LogP contribution in [-0.2, 0) is 20.7 Å². The Morgan fingerprint density at radius 3 is 2.38 bits per heavy atom. The van der Waals surface area contributed by atoms with E-state index in [1.165, 1.54) is 26.4 Å². The van der Waals surface area contributed by atoms with Crippen LogP contribution in [0.5, 0.6) is 5.75 Å². The first-order chi connectivity index (χ1) is 12.5. The fourth-order valence-corrected chi connectivity index (χ4v) is 3.51. The maximum Gasteiger partial charge on any atom is 0.337 e. The number of rotatable bonds is 7. The largest absolute Gasteiger partial charge is 0.496 e. The summed E-state index contributed by atoms with van der Waals surface area (Å²) in [5, 5.41) is 0. The van der Waals surface area contributed by atoms with Gasteiger partial charge in [-0.3, -0.25) is 4.79 Å². The van der Waals surface area contributed by atoms with E-state index in [0.29, 0.717) is 29.4 Å². The van der Waals surface area contributed by atoms with Crippen LogP contribution in [0.2, 0.25) is 0 Å². The Bertz CT molecular complexity index is 630. The summed E-state index contributed by atoms with van der Waals surface area (Å²) in [6.07, 6.45) is 5.80. The van der Waals surface area contributed by atoms with E-state index in [4.69, 9.17) is 14.2 Å². The SMILES string of the molecule is COC(=O)c1cc(CC(=O)OCC(C)C)c(OC)c(C2CCCCC2)c1. The highest BCUT2D eigenvalue weighted by Crippen LogP contribution is 2.40. The zero-order valence-corrected chi connectivity index (χ0v) is 16.3. The van der Waals surface area contributed by atoms with Gasteiger partial charge in [0.05, 0.1) is 32.8 Å². The van der Waals surface area contributed by atoms with Crippen molar-refractivity contribution in [2.24, 2.45) is 5.92 Å². The van der Waals surface area contributed by atoms with Gasteiger partial charge in [0.15, 0.2) is 0 Å². The molecule has 1 fully saturated rings. The van der Waals surface area contributed by atoms with Gasteiger partial charge in [0.2, 0.25) is 0 Å². The lowest BCUT2D eigenvalue weighted by molar-refractivity contribution is -0.143. The Morgan fingerprint density at radius 1 is 1.12 bits per heavy atom. The van der Waals surface area contributed by atoms with Gasteiger partial charge in [-0.25, -0.2) is 4.79 Å². The summed E-state index contributed by atoms with van der Waals surface area (Å²) in [6, 6.07) is 3.55. The molecule has 26 heavy (non-hydrogen) atoms. The molecular formula is C21H30O5. The third kappa shape index (κ3) is 5.23. The number of ether oxygens (including phenoxy) is 3. The third-order valence-corrected chi connectivity index (χ3v) is 4.78. The molecule has 2 rings (SSSR count). The molecule has 5 nitrogen and oxygen atoms in total. The van der Waals surface area contributed by atoms with Crippen molar-refractivity contribution in [3.63, 3.8) is 0 Å². The molecule has 1 aliphatic carbocycles. The van der Waals surface area contributed by atoms with Gasteiger partial charge < -0.3 is 14.2 Å². The molecule has 144 valence electrons. The minimum atomic E-state index is -0.401. The van der Waals surface area contributed by atoms with Gasteiger partial charge in [-0.1, -0.05) is 33.1 Å². The second kappa shape index (κ2) is 9.60. The second-order valence-corrected chi connectivity index (χ2v) is 7.34. The normalized spacial score (nSPS) is 15.0. The molecule has 0 amide bonds. The quantitative estimate of drug-likeness (QED) is 0.678. The van der Waals surface area contributed by atoms with Crippen molar-refractivity contribution in [2.75, 3.05) is 20.8 Å². The summed E-state index contributed by atoms with van der Waals surface area (Å²) in [6.45, 7) is 4.37. The molecule has 5 heteroatoms.